The molecule has 112 valence electrons. The van der Waals surface area contributed by atoms with E-state index in [2.05, 4.69) is 0 Å². The Bertz CT molecular complexity index is 618. The van der Waals surface area contributed by atoms with Crippen LogP contribution in [0.25, 0.3) is 0 Å². The lowest BCUT2D eigenvalue weighted by atomic mass is 10.1. The molecule has 0 aliphatic carbocycles. The zero-order valence-electron chi connectivity index (χ0n) is 12.2. The van der Waals surface area contributed by atoms with E-state index < -0.39 is 0 Å². The summed E-state index contributed by atoms with van der Waals surface area (Å²) >= 11 is 0. The highest BCUT2D eigenvalue weighted by Gasteiger charge is 2.16. The molecule has 5 nitrogen and oxygen atoms in total. The smallest absolute Gasteiger partial charge is 0.228 e. The van der Waals surface area contributed by atoms with E-state index >= 15 is 0 Å². The molecule has 1 aromatic heterocycles. The van der Waals surface area contributed by atoms with Gasteiger partial charge in [-0.25, -0.2) is 0 Å². The van der Waals surface area contributed by atoms with Gasteiger partial charge in [-0.3, -0.25) is 4.79 Å². The molecule has 0 aliphatic rings. The van der Waals surface area contributed by atoms with Crippen LogP contribution < -0.4 is 15.2 Å². The first kappa shape index (κ1) is 15.1. The third-order valence-electron chi connectivity index (χ3n) is 2.89. The third kappa shape index (κ3) is 3.44. The van der Waals surface area contributed by atoms with Gasteiger partial charge in [0.05, 0.1) is 19.8 Å². The summed E-state index contributed by atoms with van der Waals surface area (Å²) in [6.45, 7) is 5.07. The molecule has 0 fully saturated rings. The number of rotatable bonds is 7. The molecule has 21 heavy (non-hydrogen) atoms. The molecule has 1 heterocycles. The lowest BCUT2D eigenvalue weighted by molar-refractivity contribution is 0.101. The van der Waals surface area contributed by atoms with Crippen molar-refractivity contribution in [3.63, 3.8) is 0 Å². The number of ether oxygens (including phenoxy) is 2. The van der Waals surface area contributed by atoms with E-state index in [4.69, 9.17) is 19.6 Å². The van der Waals surface area contributed by atoms with Crippen LogP contribution in [0.1, 0.15) is 35.7 Å². The summed E-state index contributed by atoms with van der Waals surface area (Å²) in [6.07, 6.45) is 0. The van der Waals surface area contributed by atoms with Gasteiger partial charge in [-0.1, -0.05) is 0 Å². The van der Waals surface area contributed by atoms with Gasteiger partial charge in [0.25, 0.3) is 0 Å². The number of carbonyl (C=O) groups excluding carboxylic acids is 1. The van der Waals surface area contributed by atoms with Crippen molar-refractivity contribution in [3.05, 3.63) is 47.4 Å². The van der Waals surface area contributed by atoms with Gasteiger partial charge in [0, 0.05) is 5.56 Å². The van der Waals surface area contributed by atoms with Crippen molar-refractivity contribution >= 4 is 5.78 Å². The minimum atomic E-state index is -0.210. The van der Waals surface area contributed by atoms with Crippen LogP contribution in [-0.2, 0) is 6.54 Å². The predicted octanol–water partition coefficient (Wildman–Crippen LogP) is 2.77. The van der Waals surface area contributed by atoms with Crippen LogP contribution in [0, 0.1) is 0 Å². The van der Waals surface area contributed by atoms with Crippen molar-refractivity contribution in [2.24, 2.45) is 5.73 Å². The second kappa shape index (κ2) is 6.95. The molecule has 0 aliphatic heterocycles. The summed E-state index contributed by atoms with van der Waals surface area (Å²) in [7, 11) is 0. The average molecular weight is 289 g/mol. The maximum absolute atomic E-state index is 12.4. The van der Waals surface area contributed by atoms with E-state index in [0.29, 0.717) is 36.0 Å². The summed E-state index contributed by atoms with van der Waals surface area (Å²) in [5, 5.41) is 0. The fourth-order valence-electron chi connectivity index (χ4n) is 1.94. The molecule has 0 saturated heterocycles. The van der Waals surface area contributed by atoms with Crippen molar-refractivity contribution in [2.75, 3.05) is 13.2 Å². The molecule has 0 amide bonds. The van der Waals surface area contributed by atoms with Crippen molar-refractivity contribution in [1.82, 2.24) is 0 Å². The Balaban J connectivity index is 2.30. The number of furan rings is 1. The number of benzene rings is 1. The van der Waals surface area contributed by atoms with Crippen LogP contribution in [-0.4, -0.2) is 19.0 Å². The van der Waals surface area contributed by atoms with Crippen LogP contribution in [0.2, 0.25) is 0 Å². The quantitative estimate of drug-likeness (QED) is 0.793. The molecule has 0 spiro atoms. The van der Waals surface area contributed by atoms with Crippen molar-refractivity contribution in [2.45, 2.75) is 20.4 Å². The Labute approximate surface area is 123 Å². The van der Waals surface area contributed by atoms with Crippen molar-refractivity contribution in [3.8, 4) is 11.5 Å². The number of ketones is 1. The second-order valence-electron chi connectivity index (χ2n) is 4.33. The monoisotopic (exact) mass is 289 g/mol. The molecule has 2 aromatic rings. The zero-order chi connectivity index (χ0) is 15.2. The van der Waals surface area contributed by atoms with Crippen molar-refractivity contribution in [1.29, 1.82) is 0 Å². The first-order chi connectivity index (χ1) is 10.2. The van der Waals surface area contributed by atoms with Gasteiger partial charge in [0.1, 0.15) is 5.76 Å². The van der Waals surface area contributed by atoms with Crippen molar-refractivity contribution < 1.29 is 18.7 Å². The highest BCUT2D eigenvalue weighted by molar-refractivity contribution is 6.07. The van der Waals surface area contributed by atoms with Crippen LogP contribution in [0.5, 0.6) is 11.5 Å². The van der Waals surface area contributed by atoms with E-state index in [1.54, 1.807) is 30.3 Å². The van der Waals surface area contributed by atoms with Gasteiger partial charge in [-0.15, -0.1) is 0 Å². The number of nitrogens with two attached hydrogens (primary N) is 1. The molecule has 5 heteroatoms. The maximum atomic E-state index is 12.4. The molecule has 2 N–H and O–H groups in total. The molecule has 1 aromatic carbocycles. The normalized spacial score (nSPS) is 10.4. The molecule has 0 atom stereocenters. The highest BCUT2D eigenvalue weighted by atomic mass is 16.5. The van der Waals surface area contributed by atoms with Gasteiger partial charge in [-0.2, -0.15) is 0 Å². The van der Waals surface area contributed by atoms with E-state index in [1.807, 2.05) is 13.8 Å². The lowest BCUT2D eigenvalue weighted by Crippen LogP contribution is -2.03. The van der Waals surface area contributed by atoms with E-state index in [9.17, 15) is 4.79 Å². The lowest BCUT2D eigenvalue weighted by Gasteiger charge is -2.11. The Morgan fingerprint density at radius 3 is 2.43 bits per heavy atom. The first-order valence-electron chi connectivity index (χ1n) is 6.92. The van der Waals surface area contributed by atoms with Gasteiger partial charge < -0.3 is 19.6 Å². The molecule has 0 unspecified atom stereocenters. The Hall–Kier alpha value is -2.27. The third-order valence-corrected chi connectivity index (χ3v) is 2.89. The van der Waals surface area contributed by atoms with Gasteiger partial charge >= 0.3 is 0 Å². The minimum absolute atomic E-state index is 0.210. The summed E-state index contributed by atoms with van der Waals surface area (Å²) in [4.78, 5) is 12.4. The number of carbonyl (C=O) groups is 1. The fourth-order valence-corrected chi connectivity index (χ4v) is 1.94. The average Bonchev–Trinajstić information content (AvgIpc) is 2.98. The Morgan fingerprint density at radius 2 is 1.81 bits per heavy atom. The summed E-state index contributed by atoms with van der Waals surface area (Å²) in [5.74, 6) is 1.81. The Kier molecular flexibility index (Phi) is 5.00. The molecular weight excluding hydrogens is 270 g/mol. The summed E-state index contributed by atoms with van der Waals surface area (Å²) in [5.41, 5.74) is 5.96. The first-order valence-corrected chi connectivity index (χ1v) is 6.92. The number of hydrogen-bond acceptors (Lipinski definition) is 5. The van der Waals surface area contributed by atoms with Crippen LogP contribution in [0.4, 0.5) is 0 Å². The van der Waals surface area contributed by atoms with Gasteiger partial charge in [0.2, 0.25) is 5.78 Å². The summed E-state index contributed by atoms with van der Waals surface area (Å²) in [6, 6.07) is 8.42. The molecule has 0 saturated carbocycles. The van der Waals surface area contributed by atoms with E-state index in [0.717, 1.165) is 0 Å². The maximum Gasteiger partial charge on any atom is 0.228 e. The topological polar surface area (TPSA) is 74.7 Å². The number of hydrogen-bond donors (Lipinski definition) is 1. The second-order valence-corrected chi connectivity index (χ2v) is 4.33. The Morgan fingerprint density at radius 1 is 1.10 bits per heavy atom. The zero-order valence-corrected chi connectivity index (χ0v) is 12.2. The predicted molar refractivity (Wildman–Crippen MR) is 78.8 cm³/mol. The largest absolute Gasteiger partial charge is 0.490 e. The van der Waals surface area contributed by atoms with E-state index in [-0.39, 0.29) is 18.1 Å². The van der Waals surface area contributed by atoms with Crippen LogP contribution >= 0.6 is 0 Å². The molecule has 0 radical (unpaired) electrons. The highest BCUT2D eigenvalue weighted by Crippen LogP contribution is 2.29. The van der Waals surface area contributed by atoms with Crippen LogP contribution in [0.3, 0.4) is 0 Å². The molecule has 2 rings (SSSR count). The van der Waals surface area contributed by atoms with Gasteiger partial charge in [-0.05, 0) is 44.2 Å². The fraction of sp³-hybridized carbons (Fsp3) is 0.312. The standard InChI is InChI=1S/C16H19NO4/c1-3-19-13-7-5-11(9-15(13)20-4-2)16(18)14-8-6-12(10-17)21-14/h5-9H,3-4,10,17H2,1-2H3. The van der Waals surface area contributed by atoms with Crippen LogP contribution in [0.15, 0.2) is 34.7 Å². The minimum Gasteiger partial charge on any atom is -0.490 e. The SMILES string of the molecule is CCOc1ccc(C(=O)c2ccc(CN)o2)cc1OCC. The molecule has 0 bridgehead atoms. The summed E-state index contributed by atoms with van der Waals surface area (Å²) < 4.78 is 16.4. The van der Waals surface area contributed by atoms with Gasteiger partial charge in [0.15, 0.2) is 17.3 Å². The van der Waals surface area contributed by atoms with E-state index in [1.165, 1.54) is 0 Å². The molecular formula is C16H19NO4.